The van der Waals surface area contributed by atoms with Crippen molar-refractivity contribution in [2.24, 2.45) is 5.92 Å². The van der Waals surface area contributed by atoms with E-state index in [2.05, 4.69) is 22.8 Å². The molecule has 0 radical (unpaired) electrons. The Kier molecular flexibility index (Phi) is 4.84. The molecule has 1 saturated heterocycles. The van der Waals surface area contributed by atoms with Gasteiger partial charge in [-0.15, -0.1) is 0 Å². The minimum absolute atomic E-state index is 0.184. The zero-order valence-corrected chi connectivity index (χ0v) is 14.8. The topological polar surface area (TPSA) is 59.6 Å². The molecule has 2 N–H and O–H groups in total. The Morgan fingerprint density at radius 3 is 2.76 bits per heavy atom. The fourth-order valence-electron chi connectivity index (χ4n) is 4.43. The fraction of sp³-hybridized carbons (Fsp3) is 0.650. The number of fused-ring (bicyclic) bond motifs is 1. The van der Waals surface area contributed by atoms with Crippen LogP contribution in [0.3, 0.4) is 0 Å². The summed E-state index contributed by atoms with van der Waals surface area (Å²) in [5.41, 5.74) is 0.922. The third kappa shape index (κ3) is 3.61. The van der Waals surface area contributed by atoms with E-state index in [0.717, 1.165) is 62.3 Å². The van der Waals surface area contributed by atoms with Crippen molar-refractivity contribution >= 4 is 5.91 Å². The summed E-state index contributed by atoms with van der Waals surface area (Å²) < 4.78 is 11.4. The molecular formula is C20H28N2O3. The molecule has 1 unspecified atom stereocenters. The van der Waals surface area contributed by atoms with E-state index in [4.69, 9.17) is 9.47 Å². The van der Waals surface area contributed by atoms with Crippen molar-refractivity contribution in [1.29, 1.82) is 0 Å². The third-order valence-electron chi connectivity index (χ3n) is 5.87. The van der Waals surface area contributed by atoms with Gasteiger partial charge in [-0.25, -0.2) is 0 Å². The van der Waals surface area contributed by atoms with Crippen molar-refractivity contribution in [3.05, 3.63) is 23.8 Å². The molecule has 4 rings (SSSR count). The summed E-state index contributed by atoms with van der Waals surface area (Å²) in [4.78, 5) is 12.6. The largest absolute Gasteiger partial charge is 0.486 e. The predicted molar refractivity (Wildman–Crippen MR) is 95.9 cm³/mol. The van der Waals surface area contributed by atoms with E-state index in [1.165, 1.54) is 6.42 Å². The van der Waals surface area contributed by atoms with E-state index in [9.17, 15) is 4.79 Å². The van der Waals surface area contributed by atoms with Crippen molar-refractivity contribution < 1.29 is 14.3 Å². The minimum Gasteiger partial charge on any atom is -0.486 e. The fourth-order valence-corrected chi connectivity index (χ4v) is 4.43. The molecular weight excluding hydrogens is 316 g/mol. The minimum atomic E-state index is -0.235. The van der Waals surface area contributed by atoms with Gasteiger partial charge in [-0.05, 0) is 62.4 Å². The molecule has 0 bridgehead atoms. The van der Waals surface area contributed by atoms with Crippen LogP contribution < -0.4 is 20.1 Å². The second-order valence-corrected chi connectivity index (χ2v) is 7.59. The number of ether oxygens (including phenoxy) is 2. The zero-order chi connectivity index (χ0) is 17.1. The Morgan fingerprint density at radius 1 is 1.20 bits per heavy atom. The quantitative estimate of drug-likeness (QED) is 0.862. The first-order valence-electron chi connectivity index (χ1n) is 9.67. The van der Waals surface area contributed by atoms with Gasteiger partial charge in [0, 0.05) is 6.42 Å². The van der Waals surface area contributed by atoms with Gasteiger partial charge in [-0.3, -0.25) is 4.79 Å². The van der Waals surface area contributed by atoms with Gasteiger partial charge in [0.2, 0.25) is 5.91 Å². The molecule has 1 aliphatic carbocycles. The third-order valence-corrected chi connectivity index (χ3v) is 5.87. The summed E-state index contributed by atoms with van der Waals surface area (Å²) in [6, 6.07) is 6.15. The summed E-state index contributed by atoms with van der Waals surface area (Å²) in [6.45, 7) is 3.34. The predicted octanol–water partition coefficient (Wildman–Crippen LogP) is 2.73. The first kappa shape index (κ1) is 16.7. The lowest BCUT2D eigenvalue weighted by atomic mass is 9.87. The van der Waals surface area contributed by atoms with Gasteiger partial charge in [0.25, 0.3) is 0 Å². The van der Waals surface area contributed by atoms with E-state index in [0.29, 0.717) is 25.6 Å². The lowest BCUT2D eigenvalue weighted by molar-refractivity contribution is -0.123. The molecule has 3 aliphatic rings. The molecule has 2 aliphatic heterocycles. The van der Waals surface area contributed by atoms with Gasteiger partial charge in [-0.1, -0.05) is 18.9 Å². The molecule has 1 aromatic carbocycles. The summed E-state index contributed by atoms with van der Waals surface area (Å²) in [6.07, 6.45) is 7.12. The van der Waals surface area contributed by atoms with Gasteiger partial charge in [0.1, 0.15) is 13.2 Å². The van der Waals surface area contributed by atoms with Crippen LogP contribution in [0, 0.1) is 5.92 Å². The molecule has 2 heterocycles. The van der Waals surface area contributed by atoms with Crippen LogP contribution in [0.15, 0.2) is 18.2 Å². The Morgan fingerprint density at radius 2 is 2.00 bits per heavy atom. The average Bonchev–Trinajstić information content (AvgIpc) is 3.32. The molecule has 0 spiro atoms. The highest BCUT2D eigenvalue weighted by molar-refractivity contribution is 5.77. The smallest absolute Gasteiger partial charge is 0.220 e. The molecule has 0 aromatic heterocycles. The van der Waals surface area contributed by atoms with Crippen LogP contribution in [0.1, 0.15) is 50.5 Å². The lowest BCUT2D eigenvalue weighted by Gasteiger charge is -2.32. The monoisotopic (exact) mass is 344 g/mol. The van der Waals surface area contributed by atoms with Crippen LogP contribution in [0.5, 0.6) is 11.5 Å². The van der Waals surface area contributed by atoms with Crippen molar-refractivity contribution in [2.75, 3.05) is 26.3 Å². The van der Waals surface area contributed by atoms with Gasteiger partial charge in [-0.2, -0.15) is 0 Å². The second-order valence-electron chi connectivity index (χ2n) is 7.59. The molecule has 2 fully saturated rings. The van der Waals surface area contributed by atoms with Crippen LogP contribution in [0.25, 0.3) is 0 Å². The van der Waals surface area contributed by atoms with E-state index < -0.39 is 0 Å². The number of rotatable bonds is 5. The number of carbonyl (C=O) groups excluding carboxylic acids is 1. The van der Waals surface area contributed by atoms with Crippen molar-refractivity contribution in [3.63, 3.8) is 0 Å². The maximum atomic E-state index is 12.6. The normalized spacial score (nSPS) is 24.2. The number of carbonyl (C=O) groups is 1. The highest BCUT2D eigenvalue weighted by atomic mass is 16.6. The van der Waals surface area contributed by atoms with Crippen LogP contribution in [-0.2, 0) is 10.3 Å². The number of hydrogen-bond donors (Lipinski definition) is 2. The van der Waals surface area contributed by atoms with E-state index in [1.54, 1.807) is 0 Å². The van der Waals surface area contributed by atoms with Crippen molar-refractivity contribution in [2.45, 2.75) is 50.5 Å². The Labute approximate surface area is 149 Å². The summed E-state index contributed by atoms with van der Waals surface area (Å²) in [7, 11) is 0. The maximum absolute atomic E-state index is 12.6. The SMILES string of the molecule is O=C(CCC1CCNC1)NC1(c2ccc3c(c2)OCCO3)CCCC1. The number of benzene rings is 1. The molecule has 1 atom stereocenters. The molecule has 136 valence electrons. The Balaban J connectivity index is 1.46. The average molecular weight is 344 g/mol. The van der Waals surface area contributed by atoms with E-state index in [1.807, 2.05) is 6.07 Å². The van der Waals surface area contributed by atoms with Crippen LogP contribution in [-0.4, -0.2) is 32.2 Å². The highest BCUT2D eigenvalue weighted by Crippen LogP contribution is 2.42. The Bertz CT molecular complexity index is 619. The summed E-state index contributed by atoms with van der Waals surface area (Å²) in [5.74, 6) is 2.45. The van der Waals surface area contributed by atoms with Gasteiger partial charge in [0.15, 0.2) is 11.5 Å². The molecule has 5 nitrogen and oxygen atoms in total. The Hall–Kier alpha value is -1.75. The number of nitrogens with one attached hydrogen (secondary N) is 2. The zero-order valence-electron chi connectivity index (χ0n) is 14.8. The van der Waals surface area contributed by atoms with E-state index >= 15 is 0 Å². The van der Waals surface area contributed by atoms with Crippen molar-refractivity contribution in [3.8, 4) is 11.5 Å². The first-order valence-corrected chi connectivity index (χ1v) is 9.67. The number of amides is 1. The van der Waals surface area contributed by atoms with Crippen molar-refractivity contribution in [1.82, 2.24) is 10.6 Å². The van der Waals surface area contributed by atoms with Gasteiger partial charge in [0.05, 0.1) is 5.54 Å². The van der Waals surface area contributed by atoms with Crippen LogP contribution in [0.4, 0.5) is 0 Å². The molecule has 1 aromatic rings. The lowest BCUT2D eigenvalue weighted by Crippen LogP contribution is -2.44. The standard InChI is InChI=1S/C20H28N2O3/c23-19(6-3-15-7-10-21-14-15)22-20(8-1-2-9-20)16-4-5-17-18(13-16)25-12-11-24-17/h4-5,13,15,21H,1-3,6-12,14H2,(H,22,23). The molecule has 1 saturated carbocycles. The van der Waals surface area contributed by atoms with Crippen LogP contribution >= 0.6 is 0 Å². The maximum Gasteiger partial charge on any atom is 0.220 e. The van der Waals surface area contributed by atoms with E-state index in [-0.39, 0.29) is 11.4 Å². The molecule has 5 heteroatoms. The van der Waals surface area contributed by atoms with Gasteiger partial charge < -0.3 is 20.1 Å². The first-order chi connectivity index (χ1) is 12.3. The highest BCUT2D eigenvalue weighted by Gasteiger charge is 2.37. The number of hydrogen-bond acceptors (Lipinski definition) is 4. The summed E-state index contributed by atoms with van der Waals surface area (Å²) in [5, 5.41) is 6.76. The molecule has 1 amide bonds. The second kappa shape index (κ2) is 7.24. The van der Waals surface area contributed by atoms with Crippen LogP contribution in [0.2, 0.25) is 0 Å². The van der Waals surface area contributed by atoms with Gasteiger partial charge >= 0.3 is 0 Å². The summed E-state index contributed by atoms with van der Waals surface area (Å²) >= 11 is 0. The molecule has 25 heavy (non-hydrogen) atoms.